The molecule has 116 valence electrons. The predicted octanol–water partition coefficient (Wildman–Crippen LogP) is 3.83. The van der Waals surface area contributed by atoms with Gasteiger partial charge in [-0.05, 0) is 34.5 Å². The molecule has 22 heavy (non-hydrogen) atoms. The SMILES string of the molecule is O=C1CCN([C@@H](c2ccc3cc(Cl)ccc3c2)C(F)(F)F)N1. The zero-order valence-electron chi connectivity index (χ0n) is 11.3. The van der Waals surface area contributed by atoms with Gasteiger partial charge in [-0.3, -0.25) is 10.2 Å². The van der Waals surface area contributed by atoms with Crippen molar-refractivity contribution in [3.8, 4) is 0 Å². The number of rotatable bonds is 2. The lowest BCUT2D eigenvalue weighted by Gasteiger charge is -2.29. The summed E-state index contributed by atoms with van der Waals surface area (Å²) in [7, 11) is 0. The van der Waals surface area contributed by atoms with Gasteiger partial charge >= 0.3 is 6.18 Å². The molecule has 0 radical (unpaired) electrons. The van der Waals surface area contributed by atoms with Crippen LogP contribution < -0.4 is 5.43 Å². The van der Waals surface area contributed by atoms with Gasteiger partial charge in [-0.1, -0.05) is 29.8 Å². The Morgan fingerprint density at radius 3 is 2.45 bits per heavy atom. The van der Waals surface area contributed by atoms with Crippen molar-refractivity contribution in [2.75, 3.05) is 6.54 Å². The summed E-state index contributed by atoms with van der Waals surface area (Å²) in [4.78, 5) is 11.2. The van der Waals surface area contributed by atoms with Crippen molar-refractivity contribution >= 4 is 28.3 Å². The molecule has 7 heteroatoms. The van der Waals surface area contributed by atoms with Crippen LogP contribution in [0.1, 0.15) is 18.0 Å². The molecular weight excluding hydrogens is 317 g/mol. The van der Waals surface area contributed by atoms with Crippen molar-refractivity contribution in [3.63, 3.8) is 0 Å². The van der Waals surface area contributed by atoms with Crippen LogP contribution in [0.3, 0.4) is 0 Å². The number of halogens is 4. The molecule has 3 nitrogen and oxygen atoms in total. The third kappa shape index (κ3) is 2.89. The molecule has 2 aromatic rings. The van der Waals surface area contributed by atoms with E-state index in [1.165, 1.54) is 12.1 Å². The van der Waals surface area contributed by atoms with Gasteiger partial charge in [0.2, 0.25) is 5.91 Å². The van der Waals surface area contributed by atoms with Crippen molar-refractivity contribution in [2.24, 2.45) is 0 Å². The molecule has 1 N–H and O–H groups in total. The molecule has 1 aliphatic heterocycles. The van der Waals surface area contributed by atoms with Crippen molar-refractivity contribution in [1.29, 1.82) is 0 Å². The first-order valence-corrected chi connectivity index (χ1v) is 7.04. The number of benzene rings is 2. The monoisotopic (exact) mass is 328 g/mol. The predicted molar refractivity (Wildman–Crippen MR) is 77.2 cm³/mol. The summed E-state index contributed by atoms with van der Waals surface area (Å²) in [5.41, 5.74) is 2.36. The molecule has 1 amide bonds. The topological polar surface area (TPSA) is 32.3 Å². The molecule has 2 aromatic carbocycles. The van der Waals surface area contributed by atoms with Crippen molar-refractivity contribution in [2.45, 2.75) is 18.6 Å². The van der Waals surface area contributed by atoms with E-state index in [0.717, 1.165) is 10.4 Å². The maximum absolute atomic E-state index is 13.4. The van der Waals surface area contributed by atoms with Crippen LogP contribution in [0.15, 0.2) is 36.4 Å². The molecule has 1 saturated heterocycles. The van der Waals surface area contributed by atoms with E-state index >= 15 is 0 Å². The van der Waals surface area contributed by atoms with Gasteiger partial charge in [0, 0.05) is 18.0 Å². The summed E-state index contributed by atoms with van der Waals surface area (Å²) < 4.78 is 40.3. The molecule has 1 atom stereocenters. The third-order valence-corrected chi connectivity index (χ3v) is 3.85. The fraction of sp³-hybridized carbons (Fsp3) is 0.267. The van der Waals surface area contributed by atoms with Gasteiger partial charge < -0.3 is 0 Å². The number of hydrazine groups is 1. The highest BCUT2D eigenvalue weighted by atomic mass is 35.5. The summed E-state index contributed by atoms with van der Waals surface area (Å²) in [5, 5.41) is 2.91. The van der Waals surface area contributed by atoms with Crippen molar-refractivity contribution < 1.29 is 18.0 Å². The number of fused-ring (bicyclic) bond motifs is 1. The lowest BCUT2D eigenvalue weighted by molar-refractivity contribution is -0.191. The fourth-order valence-corrected chi connectivity index (χ4v) is 2.82. The average Bonchev–Trinajstić information content (AvgIpc) is 2.83. The summed E-state index contributed by atoms with van der Waals surface area (Å²) in [6, 6.07) is 7.65. The van der Waals surface area contributed by atoms with Crippen molar-refractivity contribution in [3.05, 3.63) is 47.0 Å². The third-order valence-electron chi connectivity index (χ3n) is 3.61. The lowest BCUT2D eigenvalue weighted by Crippen LogP contribution is -2.43. The van der Waals surface area contributed by atoms with E-state index in [9.17, 15) is 18.0 Å². The van der Waals surface area contributed by atoms with Gasteiger partial charge in [0.05, 0.1) is 0 Å². The largest absolute Gasteiger partial charge is 0.409 e. The second kappa shape index (κ2) is 5.44. The molecule has 1 aliphatic rings. The first-order valence-electron chi connectivity index (χ1n) is 6.67. The second-order valence-corrected chi connectivity index (χ2v) is 5.61. The van der Waals surface area contributed by atoms with Gasteiger partial charge in [0.25, 0.3) is 0 Å². The maximum atomic E-state index is 13.4. The average molecular weight is 329 g/mol. The highest BCUT2D eigenvalue weighted by Crippen LogP contribution is 2.39. The second-order valence-electron chi connectivity index (χ2n) is 5.17. The maximum Gasteiger partial charge on any atom is 0.409 e. The zero-order chi connectivity index (χ0) is 15.9. The molecule has 0 saturated carbocycles. The van der Waals surface area contributed by atoms with Gasteiger partial charge in [-0.15, -0.1) is 0 Å². The molecule has 0 spiro atoms. The Hall–Kier alpha value is -1.79. The highest BCUT2D eigenvalue weighted by Gasteiger charge is 2.46. The first kappa shape index (κ1) is 15.1. The number of hydrogen-bond acceptors (Lipinski definition) is 2. The minimum Gasteiger partial charge on any atom is -0.288 e. The smallest absolute Gasteiger partial charge is 0.288 e. The van der Waals surface area contributed by atoms with Crippen LogP contribution in [0.4, 0.5) is 13.2 Å². The van der Waals surface area contributed by atoms with Crippen LogP contribution in [0.2, 0.25) is 5.02 Å². The Bertz CT molecular complexity index is 732. The molecule has 0 unspecified atom stereocenters. The molecule has 0 aromatic heterocycles. The molecule has 1 heterocycles. The number of amides is 1. The quantitative estimate of drug-likeness (QED) is 0.908. The molecule has 0 aliphatic carbocycles. The van der Waals surface area contributed by atoms with Gasteiger partial charge in [0.15, 0.2) is 0 Å². The number of carbonyl (C=O) groups is 1. The Morgan fingerprint density at radius 1 is 1.14 bits per heavy atom. The van der Waals surface area contributed by atoms with Crippen molar-refractivity contribution in [1.82, 2.24) is 10.4 Å². The van der Waals surface area contributed by atoms with E-state index in [4.69, 9.17) is 11.6 Å². The Kier molecular flexibility index (Phi) is 3.74. The van der Waals surface area contributed by atoms with Crippen LogP contribution in [0, 0.1) is 0 Å². The Balaban J connectivity index is 2.04. The van der Waals surface area contributed by atoms with E-state index in [1.54, 1.807) is 24.3 Å². The molecule has 3 rings (SSSR count). The Morgan fingerprint density at radius 2 is 1.82 bits per heavy atom. The number of nitrogens with one attached hydrogen (secondary N) is 1. The number of alkyl halides is 3. The first-order chi connectivity index (χ1) is 10.3. The van der Waals surface area contributed by atoms with E-state index < -0.39 is 18.1 Å². The van der Waals surface area contributed by atoms with Crippen LogP contribution in [0.5, 0.6) is 0 Å². The van der Waals surface area contributed by atoms with Crippen LogP contribution in [0.25, 0.3) is 10.8 Å². The minimum absolute atomic E-state index is 0.0294. The standard InChI is InChI=1S/C15H12ClF3N2O/c16-12-4-3-9-7-11(2-1-10(9)8-12)14(15(17,18)19)21-6-5-13(22)20-21/h1-4,7-8,14H,5-6H2,(H,20,22)/t14-/m0/s1. The van der Waals surface area contributed by atoms with Gasteiger partial charge in [0.1, 0.15) is 6.04 Å². The lowest BCUT2D eigenvalue weighted by atomic mass is 10.0. The fourth-order valence-electron chi connectivity index (χ4n) is 2.64. The number of carbonyl (C=O) groups excluding carboxylic acids is 1. The molecular formula is C15H12ClF3N2O. The number of hydrogen-bond donors (Lipinski definition) is 1. The Labute approximate surface area is 129 Å². The summed E-state index contributed by atoms with van der Waals surface area (Å²) in [6.45, 7) is 0.0294. The highest BCUT2D eigenvalue weighted by molar-refractivity contribution is 6.31. The normalized spacial score (nSPS) is 17.7. The van der Waals surface area contributed by atoms with E-state index in [1.807, 2.05) is 0 Å². The van der Waals surface area contributed by atoms with E-state index in [2.05, 4.69) is 5.43 Å². The van der Waals surface area contributed by atoms with Crippen LogP contribution in [-0.2, 0) is 4.79 Å². The molecule has 0 bridgehead atoms. The molecule has 1 fully saturated rings. The summed E-state index contributed by atoms with van der Waals surface area (Å²) in [6.07, 6.45) is -4.42. The number of nitrogens with zero attached hydrogens (tertiary/aromatic N) is 1. The summed E-state index contributed by atoms with van der Waals surface area (Å²) >= 11 is 5.88. The van der Waals surface area contributed by atoms with Gasteiger partial charge in [-0.25, -0.2) is 5.01 Å². The van der Waals surface area contributed by atoms with E-state index in [0.29, 0.717) is 10.4 Å². The zero-order valence-corrected chi connectivity index (χ0v) is 12.1. The van der Waals surface area contributed by atoms with Gasteiger partial charge in [-0.2, -0.15) is 13.2 Å². The summed E-state index contributed by atoms with van der Waals surface area (Å²) in [5.74, 6) is -0.401. The van der Waals surface area contributed by atoms with E-state index in [-0.39, 0.29) is 18.5 Å². The minimum atomic E-state index is -4.49. The van der Waals surface area contributed by atoms with Crippen LogP contribution in [-0.4, -0.2) is 23.6 Å². The van der Waals surface area contributed by atoms with Crippen LogP contribution >= 0.6 is 11.6 Å².